The fourth-order valence-electron chi connectivity index (χ4n) is 2.52. The van der Waals surface area contributed by atoms with Gasteiger partial charge in [-0.3, -0.25) is 4.40 Å². The van der Waals surface area contributed by atoms with Crippen LogP contribution in [-0.4, -0.2) is 20.8 Å². The number of dihydropyridines is 1. The van der Waals surface area contributed by atoms with Crippen molar-refractivity contribution in [3.05, 3.63) is 60.4 Å². The van der Waals surface area contributed by atoms with Crippen LogP contribution in [0, 0.1) is 0 Å². The largest absolute Gasteiger partial charge is 0.508 e. The van der Waals surface area contributed by atoms with Gasteiger partial charge in [-0.1, -0.05) is 19.9 Å². The maximum atomic E-state index is 13.0. The van der Waals surface area contributed by atoms with Crippen LogP contribution in [0.1, 0.15) is 19.4 Å². The van der Waals surface area contributed by atoms with Crippen molar-refractivity contribution in [3.8, 4) is 5.75 Å². The van der Waals surface area contributed by atoms with E-state index in [0.29, 0.717) is 0 Å². The molecule has 0 amide bonds. The van der Waals surface area contributed by atoms with Gasteiger partial charge in [0.15, 0.2) is 6.30 Å². The molecule has 0 saturated carbocycles. The fourth-order valence-corrected chi connectivity index (χ4v) is 2.52. The number of pyridine rings is 1. The van der Waals surface area contributed by atoms with Gasteiger partial charge >= 0.3 is 0 Å². The number of nitrogens with zero attached hydrogens (tertiary/aromatic N) is 2. The highest BCUT2D eigenvalue weighted by Gasteiger charge is 2.10. The van der Waals surface area contributed by atoms with Crippen LogP contribution in [0.3, 0.4) is 0 Å². The van der Waals surface area contributed by atoms with Crippen molar-refractivity contribution in [3.63, 3.8) is 0 Å². The number of fused-ring (bicyclic) bond motifs is 3. The number of hydrogen-bond donors (Lipinski definition) is 2. The molecule has 0 bridgehead atoms. The molecule has 2 aromatic heterocycles. The summed E-state index contributed by atoms with van der Waals surface area (Å²) in [5.74, 6) is 0.212. The Labute approximate surface area is 133 Å². The predicted molar refractivity (Wildman–Crippen MR) is 90.9 cm³/mol. The van der Waals surface area contributed by atoms with Gasteiger partial charge in [0.05, 0.1) is 11.0 Å². The van der Waals surface area contributed by atoms with Gasteiger partial charge in [0, 0.05) is 18.5 Å². The number of phenolic OH excluding ortho intramolecular Hbond substituents is 1. The Balaban J connectivity index is 0.000000753. The molecule has 0 fully saturated rings. The van der Waals surface area contributed by atoms with Crippen molar-refractivity contribution in [2.45, 2.75) is 20.1 Å². The summed E-state index contributed by atoms with van der Waals surface area (Å²) < 4.78 is 14.9. The van der Waals surface area contributed by atoms with E-state index in [0.717, 1.165) is 27.8 Å². The molecule has 0 saturated heterocycles. The van der Waals surface area contributed by atoms with E-state index in [4.69, 9.17) is 0 Å². The summed E-state index contributed by atoms with van der Waals surface area (Å²) in [5.41, 5.74) is 4.32. The molecule has 118 valence electrons. The monoisotopic (exact) mass is 311 g/mol. The van der Waals surface area contributed by atoms with E-state index >= 15 is 0 Å². The minimum atomic E-state index is -1.13. The number of nitrogens with one attached hydrogen (secondary N) is 1. The van der Waals surface area contributed by atoms with Crippen LogP contribution in [0.15, 0.2) is 54.9 Å². The van der Waals surface area contributed by atoms with Gasteiger partial charge in [-0.05, 0) is 41.5 Å². The Kier molecular flexibility index (Phi) is 4.02. The second-order valence-electron chi connectivity index (χ2n) is 4.96. The molecule has 0 spiro atoms. The molecular formula is C18H18FN3O. The second-order valence-corrected chi connectivity index (χ2v) is 4.96. The summed E-state index contributed by atoms with van der Waals surface area (Å²) in [4.78, 5) is 4.53. The number of alkyl halides is 1. The number of rotatable bonds is 1. The number of halogens is 1. The van der Waals surface area contributed by atoms with Crippen LogP contribution in [0.2, 0.25) is 0 Å². The quantitative estimate of drug-likeness (QED) is 0.667. The number of phenols is 1. The molecule has 3 heterocycles. The molecule has 3 aromatic rings. The maximum Gasteiger partial charge on any atom is 0.188 e. The van der Waals surface area contributed by atoms with Crippen molar-refractivity contribution in [1.82, 2.24) is 14.7 Å². The van der Waals surface area contributed by atoms with Gasteiger partial charge in [-0.15, -0.1) is 0 Å². The van der Waals surface area contributed by atoms with Gasteiger partial charge in [-0.25, -0.2) is 9.37 Å². The first-order valence-electron chi connectivity index (χ1n) is 7.60. The van der Waals surface area contributed by atoms with Gasteiger partial charge < -0.3 is 10.4 Å². The third kappa shape index (κ3) is 2.77. The Morgan fingerprint density at radius 2 is 2.04 bits per heavy atom. The molecule has 1 aliphatic heterocycles. The summed E-state index contributed by atoms with van der Waals surface area (Å²) in [6.45, 7) is 4.00. The first-order chi connectivity index (χ1) is 11.2. The van der Waals surface area contributed by atoms with Crippen LogP contribution < -0.4 is 5.32 Å². The van der Waals surface area contributed by atoms with Gasteiger partial charge in [0.2, 0.25) is 0 Å². The van der Waals surface area contributed by atoms with Crippen molar-refractivity contribution in [1.29, 1.82) is 0 Å². The van der Waals surface area contributed by atoms with E-state index in [2.05, 4.69) is 10.3 Å². The minimum Gasteiger partial charge on any atom is -0.508 e. The van der Waals surface area contributed by atoms with Crippen molar-refractivity contribution in [2.24, 2.45) is 0 Å². The zero-order valence-electron chi connectivity index (χ0n) is 13.0. The average Bonchev–Trinajstić information content (AvgIpc) is 2.94. The van der Waals surface area contributed by atoms with E-state index in [1.54, 1.807) is 30.5 Å². The highest BCUT2D eigenvalue weighted by atomic mass is 19.1. The molecule has 5 heteroatoms. The molecule has 2 N–H and O–H groups in total. The van der Waals surface area contributed by atoms with Crippen LogP contribution in [0.5, 0.6) is 5.75 Å². The summed E-state index contributed by atoms with van der Waals surface area (Å²) in [7, 11) is 0. The fraction of sp³-hybridized carbons (Fsp3) is 0.167. The topological polar surface area (TPSA) is 49.6 Å². The normalized spacial score (nSPS) is 16.7. The third-order valence-corrected chi connectivity index (χ3v) is 3.56. The van der Waals surface area contributed by atoms with Crippen LogP contribution in [0.25, 0.3) is 22.3 Å². The molecule has 0 radical (unpaired) electrons. The van der Waals surface area contributed by atoms with Gasteiger partial charge in [0.1, 0.15) is 11.4 Å². The highest BCUT2D eigenvalue weighted by molar-refractivity contribution is 5.84. The van der Waals surface area contributed by atoms with E-state index in [-0.39, 0.29) is 5.75 Å². The first-order valence-corrected chi connectivity index (χ1v) is 7.60. The lowest BCUT2D eigenvalue weighted by Crippen LogP contribution is -2.19. The van der Waals surface area contributed by atoms with Crippen molar-refractivity contribution >= 4 is 22.3 Å². The number of imidazole rings is 1. The molecule has 0 aliphatic carbocycles. The predicted octanol–water partition coefficient (Wildman–Crippen LogP) is 4.02. The summed E-state index contributed by atoms with van der Waals surface area (Å²) in [6.07, 6.45) is 5.65. The van der Waals surface area contributed by atoms with E-state index in [1.165, 1.54) is 6.08 Å². The first kappa shape index (κ1) is 15.1. The smallest absolute Gasteiger partial charge is 0.188 e. The zero-order chi connectivity index (χ0) is 16.4. The zero-order valence-corrected chi connectivity index (χ0v) is 13.0. The number of allylic oxidation sites excluding steroid dienone is 2. The van der Waals surface area contributed by atoms with Crippen molar-refractivity contribution < 1.29 is 9.50 Å². The van der Waals surface area contributed by atoms with E-state index in [9.17, 15) is 9.50 Å². The highest BCUT2D eigenvalue weighted by Crippen LogP contribution is 2.24. The lowest BCUT2D eigenvalue weighted by molar-refractivity contribution is 0.365. The van der Waals surface area contributed by atoms with Gasteiger partial charge in [0.25, 0.3) is 0 Å². The molecule has 1 aliphatic rings. The molecular weight excluding hydrogens is 293 g/mol. The third-order valence-electron chi connectivity index (χ3n) is 3.56. The Morgan fingerprint density at radius 1 is 1.22 bits per heavy atom. The summed E-state index contributed by atoms with van der Waals surface area (Å²) in [6, 6.07) is 8.96. The Hall–Kier alpha value is -2.82. The standard InChI is InChI=1S/C16H12FN3O.C2H6/c17-15-4-1-11(9-18-15)10-5-6-20-14-8-12(21)2-3-13(14)19-16(20)7-10;1-2/h1-9,15,18,21H;1-2H3. The van der Waals surface area contributed by atoms with Crippen LogP contribution in [-0.2, 0) is 0 Å². The maximum absolute atomic E-state index is 13.0. The molecule has 1 aromatic carbocycles. The van der Waals surface area contributed by atoms with Crippen LogP contribution in [0.4, 0.5) is 4.39 Å². The van der Waals surface area contributed by atoms with E-state index in [1.807, 2.05) is 36.6 Å². The minimum absolute atomic E-state index is 0.212. The number of hydrogen-bond acceptors (Lipinski definition) is 3. The molecule has 1 unspecified atom stereocenters. The summed E-state index contributed by atoms with van der Waals surface area (Å²) >= 11 is 0. The SMILES string of the molecule is CC.Oc1ccc2nc3cc(C4=CNC(F)C=C4)ccn3c2c1. The number of benzene rings is 1. The van der Waals surface area contributed by atoms with Crippen LogP contribution >= 0.6 is 0 Å². The summed E-state index contributed by atoms with van der Waals surface area (Å²) in [5, 5.41) is 12.2. The van der Waals surface area contributed by atoms with Gasteiger partial charge in [-0.2, -0.15) is 0 Å². The number of aromatic hydroxyl groups is 1. The number of aromatic nitrogens is 2. The van der Waals surface area contributed by atoms with Crippen molar-refractivity contribution in [2.75, 3.05) is 0 Å². The molecule has 4 nitrogen and oxygen atoms in total. The van der Waals surface area contributed by atoms with E-state index < -0.39 is 6.30 Å². The Morgan fingerprint density at radius 3 is 2.78 bits per heavy atom. The Bertz CT molecular complexity index is 911. The lowest BCUT2D eigenvalue weighted by atomic mass is 10.1. The average molecular weight is 311 g/mol. The second kappa shape index (κ2) is 6.12. The lowest BCUT2D eigenvalue weighted by Gasteiger charge is -2.12. The molecule has 1 atom stereocenters. The molecule has 4 rings (SSSR count). The molecule has 23 heavy (non-hydrogen) atoms.